The van der Waals surface area contributed by atoms with E-state index in [9.17, 15) is 9.90 Å². The lowest BCUT2D eigenvalue weighted by molar-refractivity contribution is 0.0531. The zero-order valence-electron chi connectivity index (χ0n) is 13.3. The van der Waals surface area contributed by atoms with Crippen molar-refractivity contribution in [2.24, 2.45) is 0 Å². The largest absolute Gasteiger partial charge is 0.465 e. The van der Waals surface area contributed by atoms with E-state index >= 15 is 0 Å². The molecule has 2 aliphatic heterocycles. The highest BCUT2D eigenvalue weighted by molar-refractivity contribution is 5.92. The molecule has 2 fully saturated rings. The van der Waals surface area contributed by atoms with Crippen molar-refractivity contribution >= 4 is 11.7 Å². The van der Waals surface area contributed by atoms with Crippen LogP contribution in [0.2, 0.25) is 0 Å². The maximum Gasteiger partial charge on any atom is 0.338 e. The van der Waals surface area contributed by atoms with Crippen molar-refractivity contribution < 1.29 is 14.6 Å². The molecular weight excluding hydrogens is 280 g/mol. The number of carbonyl (C=O) groups is 1. The van der Waals surface area contributed by atoms with Gasteiger partial charge in [-0.2, -0.15) is 0 Å². The normalized spacial score (nSPS) is 20.8. The molecule has 0 spiro atoms. The molecule has 22 heavy (non-hydrogen) atoms. The number of benzene rings is 1. The molecule has 1 aromatic rings. The summed E-state index contributed by atoms with van der Waals surface area (Å²) >= 11 is 0. The summed E-state index contributed by atoms with van der Waals surface area (Å²) in [5.74, 6) is -0.276. The van der Waals surface area contributed by atoms with E-state index in [1.165, 1.54) is 7.11 Å². The summed E-state index contributed by atoms with van der Waals surface area (Å²) in [5, 5.41) is 9.58. The van der Waals surface area contributed by atoms with E-state index in [1.54, 1.807) is 0 Å². The van der Waals surface area contributed by atoms with Crippen LogP contribution in [0.4, 0.5) is 5.69 Å². The van der Waals surface area contributed by atoms with Crippen molar-refractivity contribution in [1.82, 2.24) is 4.90 Å². The van der Waals surface area contributed by atoms with E-state index in [2.05, 4.69) is 15.9 Å². The number of aliphatic hydroxyl groups is 1. The lowest BCUT2D eigenvalue weighted by Crippen LogP contribution is -2.61. The first-order valence-electron chi connectivity index (χ1n) is 7.94. The van der Waals surface area contributed by atoms with Gasteiger partial charge in [-0.3, -0.25) is 4.90 Å². The molecule has 1 aromatic carbocycles. The minimum absolute atomic E-state index is 0.118. The maximum atomic E-state index is 11.8. The van der Waals surface area contributed by atoms with Gasteiger partial charge in [0.1, 0.15) is 0 Å². The second kappa shape index (κ2) is 6.26. The number of nitrogens with zero attached hydrogens (tertiary/aromatic N) is 2. The smallest absolute Gasteiger partial charge is 0.338 e. The number of piperidine rings is 1. The molecule has 1 N–H and O–H groups in total. The van der Waals surface area contributed by atoms with Crippen LogP contribution in [0, 0.1) is 6.92 Å². The molecule has 120 valence electrons. The molecule has 0 atom stereocenters. The topological polar surface area (TPSA) is 53.0 Å². The first-order valence-corrected chi connectivity index (χ1v) is 7.94. The molecule has 0 aliphatic carbocycles. The van der Waals surface area contributed by atoms with E-state index in [4.69, 9.17) is 4.74 Å². The summed E-state index contributed by atoms with van der Waals surface area (Å²) < 4.78 is 4.84. The second-order valence-electron chi connectivity index (χ2n) is 6.32. The Hall–Kier alpha value is -1.59. The molecule has 2 heterocycles. The van der Waals surface area contributed by atoms with Gasteiger partial charge in [-0.1, -0.05) is 6.07 Å². The molecule has 0 aromatic heterocycles. The summed E-state index contributed by atoms with van der Waals surface area (Å²) in [4.78, 5) is 16.5. The number of ether oxygens (including phenoxy) is 1. The Balaban J connectivity index is 1.62. The van der Waals surface area contributed by atoms with Crippen LogP contribution in [0.5, 0.6) is 0 Å². The molecule has 0 unspecified atom stereocenters. The number of aliphatic hydroxyl groups excluding tert-OH is 1. The fourth-order valence-corrected chi connectivity index (χ4v) is 3.28. The van der Waals surface area contributed by atoms with Crippen LogP contribution >= 0.6 is 0 Å². The standard InChI is InChI=1S/C17H24N2O3/c1-12-3-4-13(9-16(12)17(21)22-2)19-10-14(11-19)18-7-5-15(20)6-8-18/h3-4,9,14-15,20H,5-8,10-11H2,1-2H3. The molecule has 5 nitrogen and oxygen atoms in total. The van der Waals surface area contributed by atoms with Crippen LogP contribution in [-0.2, 0) is 4.74 Å². The van der Waals surface area contributed by atoms with Gasteiger partial charge in [-0.05, 0) is 37.5 Å². The van der Waals surface area contributed by atoms with E-state index < -0.39 is 0 Å². The fourth-order valence-electron chi connectivity index (χ4n) is 3.28. The predicted octanol–water partition coefficient (Wildman–Crippen LogP) is 1.43. The Kier molecular flexibility index (Phi) is 4.36. The molecule has 0 amide bonds. The molecule has 0 bridgehead atoms. The third kappa shape index (κ3) is 2.96. The van der Waals surface area contributed by atoms with Gasteiger partial charge in [0, 0.05) is 37.9 Å². The van der Waals surface area contributed by atoms with Crippen molar-refractivity contribution in [3.8, 4) is 0 Å². The monoisotopic (exact) mass is 304 g/mol. The van der Waals surface area contributed by atoms with Crippen LogP contribution in [0.15, 0.2) is 18.2 Å². The predicted molar refractivity (Wildman–Crippen MR) is 85.3 cm³/mol. The van der Waals surface area contributed by atoms with E-state index in [0.29, 0.717) is 11.6 Å². The minimum atomic E-state index is -0.276. The summed E-state index contributed by atoms with van der Waals surface area (Å²) in [7, 11) is 1.42. The third-order valence-electron chi connectivity index (χ3n) is 4.87. The van der Waals surface area contributed by atoms with Gasteiger partial charge in [0.05, 0.1) is 18.8 Å². The highest BCUT2D eigenvalue weighted by Crippen LogP contribution is 2.27. The average Bonchev–Trinajstić information content (AvgIpc) is 2.48. The number of aryl methyl sites for hydroxylation is 1. The van der Waals surface area contributed by atoms with Gasteiger partial charge >= 0.3 is 5.97 Å². The SMILES string of the molecule is COC(=O)c1cc(N2CC(N3CCC(O)CC3)C2)ccc1C. The van der Waals surface area contributed by atoms with Crippen LogP contribution in [0.25, 0.3) is 0 Å². The second-order valence-corrected chi connectivity index (χ2v) is 6.32. The van der Waals surface area contributed by atoms with Gasteiger partial charge in [0.15, 0.2) is 0 Å². The van der Waals surface area contributed by atoms with Crippen molar-refractivity contribution in [3.05, 3.63) is 29.3 Å². The Bertz CT molecular complexity index is 547. The van der Waals surface area contributed by atoms with Crippen LogP contribution in [-0.4, -0.2) is 61.4 Å². The number of esters is 1. The molecule has 2 aliphatic rings. The average molecular weight is 304 g/mol. The lowest BCUT2D eigenvalue weighted by Gasteiger charge is -2.48. The highest BCUT2D eigenvalue weighted by Gasteiger charge is 2.34. The summed E-state index contributed by atoms with van der Waals surface area (Å²) in [6, 6.07) is 6.54. The van der Waals surface area contributed by atoms with Crippen molar-refractivity contribution in [2.45, 2.75) is 31.9 Å². The number of hydrogen-bond donors (Lipinski definition) is 1. The van der Waals surface area contributed by atoms with Gasteiger partial charge in [-0.25, -0.2) is 4.79 Å². The zero-order valence-corrected chi connectivity index (χ0v) is 13.3. The fraction of sp³-hybridized carbons (Fsp3) is 0.588. The van der Waals surface area contributed by atoms with E-state index in [-0.39, 0.29) is 12.1 Å². The van der Waals surface area contributed by atoms with Crippen molar-refractivity contribution in [1.29, 1.82) is 0 Å². The summed E-state index contributed by atoms with van der Waals surface area (Å²) in [6.07, 6.45) is 1.65. The van der Waals surface area contributed by atoms with Gasteiger partial charge in [-0.15, -0.1) is 0 Å². The first kappa shape index (κ1) is 15.3. The zero-order chi connectivity index (χ0) is 15.7. The maximum absolute atomic E-state index is 11.8. The van der Waals surface area contributed by atoms with Crippen LogP contribution < -0.4 is 4.90 Å². The number of likely N-dealkylation sites (tertiary alicyclic amines) is 1. The molecule has 0 radical (unpaired) electrons. The van der Waals surface area contributed by atoms with Crippen molar-refractivity contribution in [3.63, 3.8) is 0 Å². The molecular formula is C17H24N2O3. The van der Waals surface area contributed by atoms with Crippen LogP contribution in [0.1, 0.15) is 28.8 Å². The van der Waals surface area contributed by atoms with Crippen molar-refractivity contribution in [2.75, 3.05) is 38.2 Å². The quantitative estimate of drug-likeness (QED) is 0.856. The molecule has 2 saturated heterocycles. The number of carbonyl (C=O) groups excluding carboxylic acids is 1. The summed E-state index contributed by atoms with van der Waals surface area (Å²) in [5.41, 5.74) is 2.67. The Morgan fingerprint density at radius 1 is 1.27 bits per heavy atom. The Morgan fingerprint density at radius 2 is 1.95 bits per heavy atom. The minimum Gasteiger partial charge on any atom is -0.465 e. The summed E-state index contributed by atoms with van der Waals surface area (Å²) in [6.45, 7) is 5.87. The Morgan fingerprint density at radius 3 is 2.59 bits per heavy atom. The number of hydrogen-bond acceptors (Lipinski definition) is 5. The number of anilines is 1. The number of rotatable bonds is 3. The van der Waals surface area contributed by atoms with E-state index in [1.807, 2.05) is 19.1 Å². The third-order valence-corrected chi connectivity index (χ3v) is 4.87. The Labute approximate surface area is 131 Å². The molecule has 0 saturated carbocycles. The van der Waals surface area contributed by atoms with Gasteiger partial charge in [0.25, 0.3) is 0 Å². The first-order chi connectivity index (χ1) is 10.6. The lowest BCUT2D eigenvalue weighted by atomic mass is 9.99. The molecule has 5 heteroatoms. The van der Waals surface area contributed by atoms with Gasteiger partial charge in [0.2, 0.25) is 0 Å². The van der Waals surface area contributed by atoms with Crippen LogP contribution in [0.3, 0.4) is 0 Å². The number of methoxy groups -OCH3 is 1. The molecule has 3 rings (SSSR count). The highest BCUT2D eigenvalue weighted by atomic mass is 16.5. The van der Waals surface area contributed by atoms with Gasteiger partial charge < -0.3 is 14.7 Å². The van der Waals surface area contributed by atoms with E-state index in [0.717, 1.165) is 50.3 Å².